The van der Waals surface area contributed by atoms with Crippen molar-refractivity contribution in [3.05, 3.63) is 52.7 Å². The normalized spacial score (nSPS) is 11.1. The third-order valence-electron chi connectivity index (χ3n) is 3.27. The lowest BCUT2D eigenvalue weighted by atomic mass is 10.2. The van der Waals surface area contributed by atoms with Gasteiger partial charge in [0.2, 0.25) is 5.16 Å². The van der Waals surface area contributed by atoms with Crippen LogP contribution in [0.5, 0.6) is 0 Å². The summed E-state index contributed by atoms with van der Waals surface area (Å²) in [7, 11) is 0. The lowest BCUT2D eigenvalue weighted by Crippen LogP contribution is -2.27. The van der Waals surface area contributed by atoms with E-state index in [1.165, 1.54) is 21.8 Å². The third kappa shape index (κ3) is 3.19. The first-order valence-corrected chi connectivity index (χ1v) is 8.25. The summed E-state index contributed by atoms with van der Waals surface area (Å²) in [5.41, 5.74) is 1.01. The Morgan fingerprint density at radius 2 is 2.05 bits per heavy atom. The van der Waals surface area contributed by atoms with E-state index in [0.717, 1.165) is 18.6 Å². The molecule has 0 aliphatic rings. The zero-order chi connectivity index (χ0) is 15.4. The van der Waals surface area contributed by atoms with Crippen LogP contribution in [0.15, 0.2) is 46.6 Å². The first-order chi connectivity index (χ1) is 10.8. The van der Waals surface area contributed by atoms with Crippen molar-refractivity contribution >= 4 is 17.5 Å². The Kier molecular flexibility index (Phi) is 4.53. The van der Waals surface area contributed by atoms with Crippen molar-refractivity contribution in [3.63, 3.8) is 0 Å². The Morgan fingerprint density at radius 1 is 1.23 bits per heavy atom. The molecule has 7 heteroatoms. The average Bonchev–Trinajstić information content (AvgIpc) is 2.97. The van der Waals surface area contributed by atoms with E-state index in [4.69, 9.17) is 0 Å². The number of hydrogen-bond acceptors (Lipinski definition) is 5. The van der Waals surface area contributed by atoms with Gasteiger partial charge in [-0.15, -0.1) is 9.61 Å². The Labute approximate surface area is 132 Å². The summed E-state index contributed by atoms with van der Waals surface area (Å²) in [6.07, 6.45) is 3.52. The Hall–Kier alpha value is -2.15. The standard InChI is InChI=1S/C15H17N5OS/c1-2-3-9-19-11-16-13-17-14(18-20(13)15(19)21)22-10-12-7-5-4-6-8-12/h4-8,11H,2-3,9-10H2,1H3. The van der Waals surface area contributed by atoms with E-state index in [2.05, 4.69) is 34.1 Å². The maximum Gasteiger partial charge on any atom is 0.353 e. The van der Waals surface area contributed by atoms with Gasteiger partial charge in [0.1, 0.15) is 6.33 Å². The molecule has 2 aromatic heterocycles. The van der Waals surface area contributed by atoms with E-state index in [0.29, 0.717) is 17.5 Å². The maximum atomic E-state index is 12.3. The molecule has 0 N–H and O–H groups in total. The molecule has 0 bridgehead atoms. The van der Waals surface area contributed by atoms with Crippen LogP contribution in [0, 0.1) is 0 Å². The van der Waals surface area contributed by atoms with Gasteiger partial charge in [-0.2, -0.15) is 4.98 Å². The van der Waals surface area contributed by atoms with Gasteiger partial charge in [0.05, 0.1) is 0 Å². The number of unbranched alkanes of at least 4 members (excludes halogenated alkanes) is 1. The zero-order valence-corrected chi connectivity index (χ0v) is 13.2. The van der Waals surface area contributed by atoms with Crippen molar-refractivity contribution in [2.45, 2.75) is 37.2 Å². The largest absolute Gasteiger partial charge is 0.353 e. The highest BCUT2D eigenvalue weighted by atomic mass is 32.2. The summed E-state index contributed by atoms with van der Waals surface area (Å²) >= 11 is 1.50. The molecular weight excluding hydrogens is 298 g/mol. The Bertz CT molecular complexity index is 812. The number of fused-ring (bicyclic) bond motifs is 1. The molecule has 3 rings (SSSR count). The minimum absolute atomic E-state index is 0.183. The Balaban J connectivity index is 1.80. The van der Waals surface area contributed by atoms with Crippen LogP contribution in [0.4, 0.5) is 0 Å². The molecule has 0 atom stereocenters. The van der Waals surface area contributed by atoms with Crippen LogP contribution in [0.2, 0.25) is 0 Å². The van der Waals surface area contributed by atoms with Gasteiger partial charge in [0.15, 0.2) is 0 Å². The van der Waals surface area contributed by atoms with E-state index in [-0.39, 0.29) is 5.69 Å². The van der Waals surface area contributed by atoms with Crippen molar-refractivity contribution in [2.75, 3.05) is 0 Å². The second kappa shape index (κ2) is 6.74. The molecule has 0 radical (unpaired) electrons. The summed E-state index contributed by atoms with van der Waals surface area (Å²) < 4.78 is 2.86. The molecule has 0 amide bonds. The number of rotatable bonds is 6. The molecular formula is C15H17N5OS. The fraction of sp³-hybridized carbons (Fsp3) is 0.333. The first kappa shape index (κ1) is 14.8. The van der Waals surface area contributed by atoms with Gasteiger partial charge >= 0.3 is 5.69 Å². The van der Waals surface area contributed by atoms with Gasteiger partial charge in [0, 0.05) is 12.3 Å². The summed E-state index contributed by atoms with van der Waals surface area (Å²) in [5, 5.41) is 4.84. The van der Waals surface area contributed by atoms with Gasteiger partial charge < -0.3 is 0 Å². The quantitative estimate of drug-likeness (QED) is 0.653. The summed E-state index contributed by atoms with van der Waals surface area (Å²) in [4.78, 5) is 20.8. The monoisotopic (exact) mass is 315 g/mol. The molecule has 0 spiro atoms. The van der Waals surface area contributed by atoms with E-state index in [9.17, 15) is 4.79 Å². The van der Waals surface area contributed by atoms with Crippen LogP contribution in [-0.2, 0) is 12.3 Å². The van der Waals surface area contributed by atoms with E-state index in [1.54, 1.807) is 10.9 Å². The van der Waals surface area contributed by atoms with Crippen LogP contribution in [0.1, 0.15) is 25.3 Å². The molecule has 0 saturated heterocycles. The number of aryl methyl sites for hydroxylation is 1. The third-order valence-corrected chi connectivity index (χ3v) is 4.18. The van der Waals surface area contributed by atoms with E-state index in [1.807, 2.05) is 18.2 Å². The van der Waals surface area contributed by atoms with E-state index >= 15 is 0 Å². The second-order valence-corrected chi connectivity index (χ2v) is 5.90. The van der Waals surface area contributed by atoms with E-state index < -0.39 is 0 Å². The minimum atomic E-state index is -0.183. The molecule has 0 aliphatic heterocycles. The van der Waals surface area contributed by atoms with Crippen molar-refractivity contribution in [2.24, 2.45) is 0 Å². The average molecular weight is 315 g/mol. The predicted octanol–water partition coefficient (Wildman–Crippen LogP) is 2.38. The second-order valence-electron chi connectivity index (χ2n) is 4.95. The highest BCUT2D eigenvalue weighted by Gasteiger charge is 2.10. The van der Waals surface area contributed by atoms with Crippen molar-refractivity contribution in [3.8, 4) is 0 Å². The molecule has 1 aromatic carbocycles. The molecule has 22 heavy (non-hydrogen) atoms. The molecule has 3 aromatic rings. The molecule has 6 nitrogen and oxygen atoms in total. The minimum Gasteiger partial charge on any atom is -0.282 e. The number of aromatic nitrogens is 5. The number of hydrogen-bond donors (Lipinski definition) is 0. The highest BCUT2D eigenvalue weighted by Crippen LogP contribution is 2.18. The van der Waals surface area contributed by atoms with Crippen molar-refractivity contribution in [1.82, 2.24) is 24.1 Å². The summed E-state index contributed by atoms with van der Waals surface area (Å²) in [5.74, 6) is 1.12. The summed E-state index contributed by atoms with van der Waals surface area (Å²) in [6, 6.07) is 10.1. The molecule has 0 fully saturated rings. The molecule has 0 saturated carbocycles. The van der Waals surface area contributed by atoms with Gasteiger partial charge in [-0.1, -0.05) is 55.4 Å². The first-order valence-electron chi connectivity index (χ1n) is 7.27. The fourth-order valence-electron chi connectivity index (χ4n) is 2.05. The number of benzene rings is 1. The van der Waals surface area contributed by atoms with Crippen LogP contribution in [0.3, 0.4) is 0 Å². The molecule has 114 valence electrons. The lowest BCUT2D eigenvalue weighted by molar-refractivity contribution is 0.570. The van der Waals surface area contributed by atoms with Crippen molar-refractivity contribution < 1.29 is 0 Å². The lowest BCUT2D eigenvalue weighted by Gasteiger charge is -2.02. The summed E-state index contributed by atoms with van der Waals surface area (Å²) in [6.45, 7) is 2.75. The smallest absolute Gasteiger partial charge is 0.282 e. The van der Waals surface area contributed by atoms with Gasteiger partial charge in [0.25, 0.3) is 5.78 Å². The maximum absolute atomic E-state index is 12.3. The van der Waals surface area contributed by atoms with Gasteiger partial charge in [-0.3, -0.25) is 4.57 Å². The van der Waals surface area contributed by atoms with Gasteiger partial charge in [-0.05, 0) is 12.0 Å². The predicted molar refractivity (Wildman–Crippen MR) is 86.0 cm³/mol. The molecule has 2 heterocycles. The molecule has 0 unspecified atom stereocenters. The zero-order valence-electron chi connectivity index (χ0n) is 12.3. The molecule has 0 aliphatic carbocycles. The van der Waals surface area contributed by atoms with Crippen LogP contribution >= 0.6 is 11.8 Å². The Morgan fingerprint density at radius 3 is 2.82 bits per heavy atom. The van der Waals surface area contributed by atoms with Crippen LogP contribution < -0.4 is 5.69 Å². The van der Waals surface area contributed by atoms with Gasteiger partial charge in [-0.25, -0.2) is 9.78 Å². The number of nitrogens with zero attached hydrogens (tertiary/aromatic N) is 5. The SMILES string of the molecule is CCCCn1cnc2nc(SCc3ccccc3)nn2c1=O. The number of thioether (sulfide) groups is 1. The van der Waals surface area contributed by atoms with Crippen LogP contribution in [0.25, 0.3) is 5.78 Å². The topological polar surface area (TPSA) is 65.1 Å². The van der Waals surface area contributed by atoms with Crippen molar-refractivity contribution in [1.29, 1.82) is 0 Å². The highest BCUT2D eigenvalue weighted by molar-refractivity contribution is 7.98. The van der Waals surface area contributed by atoms with Crippen LogP contribution in [-0.4, -0.2) is 24.1 Å². The fourth-order valence-corrected chi connectivity index (χ4v) is 2.83.